The average Bonchev–Trinajstić information content (AvgIpc) is 2.41. The Kier molecular flexibility index (Phi) is 5.31. The van der Waals surface area contributed by atoms with Crippen molar-refractivity contribution < 1.29 is 13.5 Å². The van der Waals surface area contributed by atoms with Gasteiger partial charge in [-0.2, -0.15) is 0 Å². The maximum Gasteiger partial charge on any atom is 0.214 e. The molecular weight excluding hydrogens is 296 g/mol. The summed E-state index contributed by atoms with van der Waals surface area (Å²) in [7, 11) is -3.21. The Balaban J connectivity index is 1.82. The minimum Gasteiger partial charge on any atom is -0.399 e. The van der Waals surface area contributed by atoms with E-state index in [0.29, 0.717) is 37.4 Å². The first-order valence-corrected chi connectivity index (χ1v) is 9.21. The van der Waals surface area contributed by atoms with E-state index in [2.05, 4.69) is 0 Å². The summed E-state index contributed by atoms with van der Waals surface area (Å²) in [5.41, 5.74) is 6.30. The van der Waals surface area contributed by atoms with Crippen LogP contribution in [0.4, 0.5) is 5.69 Å². The van der Waals surface area contributed by atoms with Crippen molar-refractivity contribution in [2.24, 2.45) is 0 Å². The minimum absolute atomic E-state index is 0.123. The van der Waals surface area contributed by atoms with Gasteiger partial charge >= 0.3 is 0 Å². The number of anilines is 1. The lowest BCUT2D eigenvalue weighted by Crippen LogP contribution is -2.41. The normalized spacial score (nSPS) is 18.2. The zero-order chi connectivity index (χ0) is 14.6. The van der Waals surface area contributed by atoms with E-state index in [1.165, 1.54) is 16.1 Å². The molecule has 3 N–H and O–H groups in total. The molecule has 2 rings (SSSR count). The summed E-state index contributed by atoms with van der Waals surface area (Å²) in [6.07, 6.45) is 0.708. The van der Waals surface area contributed by atoms with Crippen molar-refractivity contribution in [3.05, 3.63) is 24.3 Å². The highest BCUT2D eigenvalue weighted by molar-refractivity contribution is 8.00. The highest BCUT2D eigenvalue weighted by Gasteiger charge is 2.26. The van der Waals surface area contributed by atoms with Crippen molar-refractivity contribution in [3.63, 3.8) is 0 Å². The number of nitrogen functional groups attached to an aromatic ring is 1. The number of hydrogen-bond donors (Lipinski definition) is 2. The molecule has 112 valence electrons. The van der Waals surface area contributed by atoms with Crippen LogP contribution in [0.5, 0.6) is 0 Å². The third kappa shape index (κ3) is 4.37. The first-order chi connectivity index (χ1) is 9.47. The Morgan fingerprint density at radius 1 is 1.25 bits per heavy atom. The topological polar surface area (TPSA) is 83.6 Å². The van der Waals surface area contributed by atoms with Gasteiger partial charge in [-0.05, 0) is 37.1 Å². The Labute approximate surface area is 124 Å². The van der Waals surface area contributed by atoms with E-state index in [1.54, 1.807) is 0 Å². The van der Waals surface area contributed by atoms with Crippen LogP contribution >= 0.6 is 11.8 Å². The number of benzene rings is 1. The fourth-order valence-corrected chi connectivity index (χ4v) is 4.84. The third-order valence-corrected chi connectivity index (χ3v) is 6.45. The van der Waals surface area contributed by atoms with Crippen molar-refractivity contribution in [2.75, 3.05) is 30.3 Å². The van der Waals surface area contributed by atoms with Gasteiger partial charge in [0.15, 0.2) is 0 Å². The van der Waals surface area contributed by atoms with Crippen molar-refractivity contribution in [1.82, 2.24) is 4.31 Å². The van der Waals surface area contributed by atoms with Gasteiger partial charge in [-0.1, -0.05) is 0 Å². The Morgan fingerprint density at radius 3 is 2.45 bits per heavy atom. The largest absolute Gasteiger partial charge is 0.399 e. The lowest BCUT2D eigenvalue weighted by molar-refractivity contribution is 0.113. The van der Waals surface area contributed by atoms with Gasteiger partial charge in [0.25, 0.3) is 0 Å². The molecular formula is C13H20N2O3S2. The number of nitrogens with zero attached hydrogens (tertiary/aromatic N) is 1. The standard InChI is InChI=1S/C13H20N2O3S2/c14-11-1-3-13(4-2-11)19-9-10-20(17,18)15-7-5-12(16)6-8-15/h1-4,12,16H,5-10,14H2. The second-order valence-corrected chi connectivity index (χ2v) is 8.12. The molecule has 1 fully saturated rings. The molecule has 0 spiro atoms. The van der Waals surface area contributed by atoms with Crippen molar-refractivity contribution in [2.45, 2.75) is 23.8 Å². The molecule has 0 bridgehead atoms. The van der Waals surface area contributed by atoms with Gasteiger partial charge < -0.3 is 10.8 Å². The van der Waals surface area contributed by atoms with Gasteiger partial charge in [0.2, 0.25) is 10.0 Å². The molecule has 7 heteroatoms. The molecule has 1 aliphatic heterocycles. The van der Waals surface area contributed by atoms with Crippen LogP contribution in [-0.2, 0) is 10.0 Å². The third-order valence-electron chi connectivity index (χ3n) is 3.31. The highest BCUT2D eigenvalue weighted by Crippen LogP contribution is 2.21. The fourth-order valence-electron chi connectivity index (χ4n) is 2.08. The van der Waals surface area contributed by atoms with E-state index in [1.807, 2.05) is 24.3 Å². The van der Waals surface area contributed by atoms with E-state index in [0.717, 1.165) is 4.90 Å². The van der Waals surface area contributed by atoms with Crippen molar-refractivity contribution in [3.8, 4) is 0 Å². The van der Waals surface area contributed by atoms with Gasteiger partial charge in [0.1, 0.15) is 0 Å². The number of rotatable bonds is 5. The SMILES string of the molecule is Nc1ccc(SCCS(=O)(=O)N2CCC(O)CC2)cc1. The molecule has 1 aromatic rings. The van der Waals surface area contributed by atoms with E-state index < -0.39 is 10.0 Å². The summed E-state index contributed by atoms with van der Waals surface area (Å²) in [5.74, 6) is 0.642. The van der Waals surface area contributed by atoms with E-state index in [-0.39, 0.29) is 11.9 Å². The molecule has 1 aliphatic rings. The molecule has 0 saturated carbocycles. The van der Waals surface area contributed by atoms with Crippen molar-refractivity contribution in [1.29, 1.82) is 0 Å². The molecule has 0 atom stereocenters. The monoisotopic (exact) mass is 316 g/mol. The molecule has 5 nitrogen and oxygen atoms in total. The van der Waals surface area contributed by atoms with Crippen LogP contribution in [0, 0.1) is 0 Å². The van der Waals surface area contributed by atoms with Gasteiger partial charge in [-0.25, -0.2) is 12.7 Å². The van der Waals surface area contributed by atoms with E-state index >= 15 is 0 Å². The zero-order valence-electron chi connectivity index (χ0n) is 11.2. The summed E-state index contributed by atoms with van der Waals surface area (Å²) in [5, 5.41) is 9.40. The first-order valence-electron chi connectivity index (χ1n) is 6.61. The van der Waals surface area contributed by atoms with Gasteiger partial charge in [0.05, 0.1) is 11.9 Å². The molecule has 0 radical (unpaired) electrons. The summed E-state index contributed by atoms with van der Waals surface area (Å²) in [6.45, 7) is 0.853. The lowest BCUT2D eigenvalue weighted by atomic mass is 10.1. The second kappa shape index (κ2) is 6.80. The number of piperidine rings is 1. The van der Waals surface area contributed by atoms with Crippen LogP contribution in [0.3, 0.4) is 0 Å². The Hall–Kier alpha value is -0.760. The van der Waals surface area contributed by atoms with Crippen LogP contribution in [0.1, 0.15) is 12.8 Å². The molecule has 0 aromatic heterocycles. The van der Waals surface area contributed by atoms with E-state index in [9.17, 15) is 13.5 Å². The molecule has 0 amide bonds. The predicted molar refractivity (Wildman–Crippen MR) is 82.2 cm³/mol. The number of sulfonamides is 1. The molecule has 20 heavy (non-hydrogen) atoms. The number of thioether (sulfide) groups is 1. The van der Waals surface area contributed by atoms with Crippen LogP contribution in [0.15, 0.2) is 29.2 Å². The maximum absolute atomic E-state index is 12.1. The average molecular weight is 316 g/mol. The minimum atomic E-state index is -3.21. The zero-order valence-corrected chi connectivity index (χ0v) is 12.9. The van der Waals surface area contributed by atoms with E-state index in [4.69, 9.17) is 5.73 Å². The quantitative estimate of drug-likeness (QED) is 0.629. The Morgan fingerprint density at radius 2 is 1.85 bits per heavy atom. The summed E-state index contributed by atoms with van der Waals surface area (Å²) < 4.78 is 25.8. The highest BCUT2D eigenvalue weighted by atomic mass is 32.2. The molecule has 1 heterocycles. The number of hydrogen-bond acceptors (Lipinski definition) is 5. The van der Waals surface area contributed by atoms with Gasteiger partial charge in [-0.3, -0.25) is 0 Å². The number of nitrogens with two attached hydrogens (primary N) is 1. The molecule has 0 unspecified atom stereocenters. The first kappa shape index (κ1) is 15.6. The van der Waals surface area contributed by atoms with Crippen LogP contribution in [0.2, 0.25) is 0 Å². The fraction of sp³-hybridized carbons (Fsp3) is 0.538. The van der Waals surface area contributed by atoms with Gasteiger partial charge in [0, 0.05) is 29.4 Å². The van der Waals surface area contributed by atoms with Gasteiger partial charge in [-0.15, -0.1) is 11.8 Å². The lowest BCUT2D eigenvalue weighted by Gasteiger charge is -2.28. The summed E-state index contributed by atoms with van der Waals surface area (Å²) >= 11 is 1.51. The predicted octanol–water partition coefficient (Wildman–Crippen LogP) is 1.15. The molecule has 1 saturated heterocycles. The smallest absolute Gasteiger partial charge is 0.214 e. The number of aliphatic hydroxyl groups excluding tert-OH is 1. The summed E-state index contributed by atoms with van der Waals surface area (Å²) in [4.78, 5) is 1.02. The molecule has 0 aliphatic carbocycles. The van der Waals surface area contributed by atoms with Crippen LogP contribution in [-0.4, -0.2) is 48.5 Å². The molecule has 1 aromatic carbocycles. The van der Waals surface area contributed by atoms with Crippen molar-refractivity contribution >= 4 is 27.5 Å². The number of aliphatic hydroxyl groups is 1. The summed E-state index contributed by atoms with van der Waals surface area (Å²) in [6, 6.07) is 7.40. The second-order valence-electron chi connectivity index (χ2n) is 4.86. The maximum atomic E-state index is 12.1. The Bertz CT molecular complexity index is 523. The van der Waals surface area contributed by atoms with Crippen LogP contribution < -0.4 is 5.73 Å². The van der Waals surface area contributed by atoms with Crippen LogP contribution in [0.25, 0.3) is 0 Å².